The number of anilines is 1. The van der Waals surface area contributed by atoms with Gasteiger partial charge in [-0.15, -0.1) is 0 Å². The number of nitrogens with one attached hydrogen (secondary N) is 1. The van der Waals surface area contributed by atoms with Gasteiger partial charge in [-0.3, -0.25) is 4.79 Å². The summed E-state index contributed by atoms with van der Waals surface area (Å²) in [5, 5.41) is 2.96. The van der Waals surface area contributed by atoms with E-state index in [9.17, 15) is 13.2 Å². The van der Waals surface area contributed by atoms with Gasteiger partial charge >= 0.3 is 0 Å². The Kier molecular flexibility index (Phi) is 5.33. The van der Waals surface area contributed by atoms with Gasteiger partial charge in [0, 0.05) is 25.4 Å². The number of rotatable bonds is 6. The minimum absolute atomic E-state index is 0.106. The van der Waals surface area contributed by atoms with Gasteiger partial charge in [-0.2, -0.15) is 0 Å². The number of aromatic nitrogens is 1. The molecule has 1 aliphatic heterocycles. The minimum Gasteiger partial charge on any atom is -0.454 e. The first kappa shape index (κ1) is 22.4. The average molecular weight is 480 g/mol. The topological polar surface area (TPSA) is 97.8 Å². The number of aryl methyl sites for hydroxylation is 1. The summed E-state index contributed by atoms with van der Waals surface area (Å²) in [5.74, 6) is 1.70. The van der Waals surface area contributed by atoms with Crippen LogP contribution in [0.15, 0.2) is 59.5 Å². The number of sulfonamides is 1. The number of amides is 1. The second-order valence-corrected chi connectivity index (χ2v) is 10.9. The molecule has 1 saturated carbocycles. The number of hydrogen-bond donors (Lipinski definition) is 1. The molecule has 1 N–H and O–H groups in total. The molecular weight excluding hydrogens is 454 g/mol. The van der Waals surface area contributed by atoms with Crippen LogP contribution in [0.4, 0.5) is 5.82 Å². The van der Waals surface area contributed by atoms with Crippen LogP contribution < -0.4 is 14.8 Å². The molecule has 8 nitrogen and oxygen atoms in total. The number of carbonyl (C=O) groups is 1. The quantitative estimate of drug-likeness (QED) is 0.579. The smallest absolute Gasteiger partial charge is 0.242 e. The zero-order chi connectivity index (χ0) is 24.1. The molecule has 176 valence electrons. The number of benzene rings is 2. The predicted molar refractivity (Wildman–Crippen MR) is 127 cm³/mol. The number of carbonyl (C=O) groups excluding carboxylic acids is 1. The molecule has 1 amide bonds. The van der Waals surface area contributed by atoms with E-state index in [0.29, 0.717) is 23.0 Å². The molecule has 0 radical (unpaired) electrons. The molecule has 9 heteroatoms. The van der Waals surface area contributed by atoms with E-state index in [4.69, 9.17) is 9.47 Å². The molecule has 34 heavy (non-hydrogen) atoms. The van der Waals surface area contributed by atoms with Gasteiger partial charge in [-0.05, 0) is 67.3 Å². The lowest BCUT2D eigenvalue weighted by atomic mass is 9.94. The molecule has 2 heterocycles. The van der Waals surface area contributed by atoms with Crippen LogP contribution in [0.1, 0.15) is 24.1 Å². The van der Waals surface area contributed by atoms with Crippen LogP contribution in [0.25, 0.3) is 11.1 Å². The summed E-state index contributed by atoms with van der Waals surface area (Å²) < 4.78 is 37.0. The second kappa shape index (κ2) is 8.11. The third-order valence-corrected chi connectivity index (χ3v) is 8.17. The van der Waals surface area contributed by atoms with Gasteiger partial charge in [-0.1, -0.05) is 18.2 Å². The summed E-state index contributed by atoms with van der Waals surface area (Å²) in [7, 11) is -0.540. The van der Waals surface area contributed by atoms with Gasteiger partial charge in [-0.25, -0.2) is 17.7 Å². The first-order chi connectivity index (χ1) is 16.2. The third kappa shape index (κ3) is 3.80. The number of fused-ring (bicyclic) bond motifs is 1. The van der Waals surface area contributed by atoms with Crippen molar-refractivity contribution >= 4 is 21.7 Å². The second-order valence-electron chi connectivity index (χ2n) is 8.75. The zero-order valence-corrected chi connectivity index (χ0v) is 20.0. The Morgan fingerprint density at radius 1 is 1.03 bits per heavy atom. The van der Waals surface area contributed by atoms with Crippen molar-refractivity contribution in [1.29, 1.82) is 0 Å². The molecule has 0 bridgehead atoms. The van der Waals surface area contributed by atoms with Gasteiger partial charge < -0.3 is 14.8 Å². The monoisotopic (exact) mass is 479 g/mol. The van der Waals surface area contributed by atoms with Crippen LogP contribution in [-0.4, -0.2) is 44.5 Å². The van der Waals surface area contributed by atoms with Gasteiger partial charge in [0.05, 0.1) is 10.3 Å². The average Bonchev–Trinajstić information content (AvgIpc) is 3.50. The molecule has 3 aromatic rings. The highest BCUT2D eigenvalue weighted by Gasteiger charge is 2.51. The summed E-state index contributed by atoms with van der Waals surface area (Å²) in [5.41, 5.74) is 2.53. The Labute approximate surface area is 198 Å². The number of nitrogens with zero attached hydrogens (tertiary/aromatic N) is 2. The molecule has 0 spiro atoms. The molecule has 2 aromatic carbocycles. The van der Waals surface area contributed by atoms with Gasteiger partial charge in [0.15, 0.2) is 11.5 Å². The maximum Gasteiger partial charge on any atom is 0.242 e. The van der Waals surface area contributed by atoms with E-state index >= 15 is 0 Å². The van der Waals surface area contributed by atoms with Crippen LogP contribution in [-0.2, 0) is 20.2 Å². The van der Waals surface area contributed by atoms with Crippen molar-refractivity contribution in [2.75, 3.05) is 26.2 Å². The molecule has 0 atom stereocenters. The molecule has 0 unspecified atom stereocenters. The summed E-state index contributed by atoms with van der Waals surface area (Å²) >= 11 is 0. The predicted octanol–water partition coefficient (Wildman–Crippen LogP) is 3.71. The highest BCUT2D eigenvalue weighted by atomic mass is 32.2. The lowest BCUT2D eigenvalue weighted by molar-refractivity contribution is -0.118. The van der Waals surface area contributed by atoms with Crippen molar-refractivity contribution in [3.8, 4) is 22.6 Å². The largest absolute Gasteiger partial charge is 0.454 e. The fraction of sp³-hybridized carbons (Fsp3) is 0.280. The Morgan fingerprint density at radius 3 is 2.50 bits per heavy atom. The lowest BCUT2D eigenvalue weighted by Crippen LogP contribution is -2.28. The molecule has 0 saturated heterocycles. The summed E-state index contributed by atoms with van der Waals surface area (Å²) in [6, 6.07) is 16.0. The van der Waals surface area contributed by atoms with Gasteiger partial charge in [0.25, 0.3) is 0 Å². The van der Waals surface area contributed by atoms with Crippen LogP contribution in [0.2, 0.25) is 0 Å². The zero-order valence-electron chi connectivity index (χ0n) is 19.2. The van der Waals surface area contributed by atoms with Crippen molar-refractivity contribution in [2.24, 2.45) is 0 Å². The first-order valence-electron chi connectivity index (χ1n) is 10.9. The van der Waals surface area contributed by atoms with Gasteiger partial charge in [0.2, 0.25) is 22.7 Å². The van der Waals surface area contributed by atoms with Crippen LogP contribution in [0, 0.1) is 6.92 Å². The van der Waals surface area contributed by atoms with Crippen LogP contribution in [0.5, 0.6) is 11.5 Å². The van der Waals surface area contributed by atoms with E-state index in [1.54, 1.807) is 24.3 Å². The van der Waals surface area contributed by atoms with E-state index in [1.807, 2.05) is 37.3 Å². The highest BCUT2D eigenvalue weighted by molar-refractivity contribution is 7.89. The Balaban J connectivity index is 1.37. The Morgan fingerprint density at radius 2 is 1.79 bits per heavy atom. The maximum absolute atomic E-state index is 13.2. The third-order valence-electron chi connectivity index (χ3n) is 6.36. The standard InChI is InChI=1S/C25H25N3O5S/c1-16-20(17-5-4-6-19(13-17)34(30,31)28(2)3)8-10-23(26-16)27-24(29)25(11-12-25)18-7-9-21-22(14-18)33-15-32-21/h4-10,13-14H,11-12,15H2,1-3H3,(H,26,27,29). The van der Waals surface area contributed by atoms with Crippen LogP contribution >= 0.6 is 0 Å². The summed E-state index contributed by atoms with van der Waals surface area (Å²) in [6.45, 7) is 2.03. The van der Waals surface area contributed by atoms with Crippen molar-refractivity contribution in [1.82, 2.24) is 9.29 Å². The van der Waals surface area contributed by atoms with Crippen molar-refractivity contribution < 1.29 is 22.7 Å². The number of hydrogen-bond acceptors (Lipinski definition) is 6. The Hall–Kier alpha value is -3.43. The molecule has 1 aliphatic carbocycles. The van der Waals surface area contributed by atoms with E-state index in [0.717, 1.165) is 29.5 Å². The fourth-order valence-electron chi connectivity index (χ4n) is 4.17. The maximum atomic E-state index is 13.2. The molecule has 5 rings (SSSR count). The van der Waals surface area contributed by atoms with Crippen LogP contribution in [0.3, 0.4) is 0 Å². The van der Waals surface area contributed by atoms with E-state index in [1.165, 1.54) is 18.4 Å². The normalized spacial score (nSPS) is 15.9. The van der Waals surface area contributed by atoms with Crippen molar-refractivity contribution in [3.63, 3.8) is 0 Å². The lowest BCUT2D eigenvalue weighted by Gasteiger charge is -2.17. The number of ether oxygens (including phenoxy) is 2. The minimum atomic E-state index is -3.54. The number of pyridine rings is 1. The van der Waals surface area contributed by atoms with E-state index in [2.05, 4.69) is 10.3 Å². The summed E-state index contributed by atoms with van der Waals surface area (Å²) in [4.78, 5) is 18.0. The first-order valence-corrected chi connectivity index (χ1v) is 12.4. The SMILES string of the molecule is Cc1nc(NC(=O)C2(c3ccc4c(c3)OCO4)CC2)ccc1-c1cccc(S(=O)(=O)N(C)C)c1. The fourth-order valence-corrected chi connectivity index (χ4v) is 5.12. The van der Waals surface area contributed by atoms with Crippen molar-refractivity contribution in [3.05, 3.63) is 65.9 Å². The molecule has 2 aliphatic rings. The highest BCUT2D eigenvalue weighted by Crippen LogP contribution is 2.51. The molecule has 1 fully saturated rings. The van der Waals surface area contributed by atoms with Gasteiger partial charge in [0.1, 0.15) is 5.82 Å². The Bertz CT molecular complexity index is 1400. The van der Waals surface area contributed by atoms with E-state index in [-0.39, 0.29) is 17.6 Å². The van der Waals surface area contributed by atoms with Crippen molar-refractivity contribution in [2.45, 2.75) is 30.1 Å². The molecular formula is C25H25N3O5S. The van der Waals surface area contributed by atoms with E-state index < -0.39 is 15.4 Å². The molecule has 1 aromatic heterocycles. The summed E-state index contributed by atoms with van der Waals surface area (Å²) in [6.07, 6.45) is 1.51.